The molecule has 0 radical (unpaired) electrons. The van der Waals surface area contributed by atoms with Crippen molar-refractivity contribution in [2.24, 2.45) is 0 Å². The number of carbonyl (C=O) groups is 1. The molecule has 0 aromatic rings. The van der Waals surface area contributed by atoms with Crippen molar-refractivity contribution in [3.63, 3.8) is 0 Å². The quantitative estimate of drug-likeness (QED) is 0.643. The first-order valence-electron chi connectivity index (χ1n) is 9.82. The van der Waals surface area contributed by atoms with Crippen LogP contribution in [-0.2, 0) is 18.4 Å². The van der Waals surface area contributed by atoms with Crippen LogP contribution in [0.4, 0.5) is 0 Å². The summed E-state index contributed by atoms with van der Waals surface area (Å²) in [5.74, 6) is -0.168. The van der Waals surface area contributed by atoms with E-state index >= 15 is 0 Å². The van der Waals surface area contributed by atoms with E-state index in [2.05, 4.69) is 73.0 Å². The van der Waals surface area contributed by atoms with Crippen molar-refractivity contribution in [3.05, 3.63) is 0 Å². The van der Waals surface area contributed by atoms with Crippen molar-refractivity contribution >= 4 is 22.5 Å². The van der Waals surface area contributed by atoms with Crippen LogP contribution in [0, 0.1) is 0 Å². The van der Waals surface area contributed by atoms with Crippen LogP contribution >= 0.6 is 0 Å². The summed E-state index contributed by atoms with van der Waals surface area (Å²) in [6.07, 6.45) is -1.59. The second kappa shape index (κ2) is 8.24. The molecule has 1 amide bonds. The highest BCUT2D eigenvalue weighted by Crippen LogP contribution is 2.43. The standard InChI is InChI=1S/C19H41NO5Si2/c1-13(22)20-15-14(12-21)23-17(25-27(10,11)19(5,6)7)16(15)24-26(8,9)18(2,3)4/h14-17,21H,12H2,1-11H3,(H,20,22)/t14-,15-,16-,17+/m1/s1. The normalized spacial score (nSPS) is 27.7. The van der Waals surface area contributed by atoms with Crippen molar-refractivity contribution in [1.29, 1.82) is 0 Å². The lowest BCUT2D eigenvalue weighted by Crippen LogP contribution is -2.56. The van der Waals surface area contributed by atoms with Gasteiger partial charge in [-0.2, -0.15) is 0 Å². The van der Waals surface area contributed by atoms with Gasteiger partial charge in [-0.05, 0) is 36.3 Å². The molecule has 8 heteroatoms. The van der Waals surface area contributed by atoms with Gasteiger partial charge in [0.2, 0.25) is 5.91 Å². The molecule has 0 unspecified atom stereocenters. The Balaban J connectivity index is 3.24. The smallest absolute Gasteiger partial charge is 0.217 e. The predicted octanol–water partition coefficient (Wildman–Crippen LogP) is 3.62. The monoisotopic (exact) mass is 419 g/mol. The average Bonchev–Trinajstić information content (AvgIpc) is 2.72. The van der Waals surface area contributed by atoms with E-state index in [4.69, 9.17) is 13.6 Å². The van der Waals surface area contributed by atoms with E-state index in [9.17, 15) is 9.90 Å². The van der Waals surface area contributed by atoms with Crippen molar-refractivity contribution in [2.45, 2.75) is 109 Å². The molecule has 0 aliphatic carbocycles. The molecule has 27 heavy (non-hydrogen) atoms. The summed E-state index contributed by atoms with van der Waals surface area (Å²) in [4.78, 5) is 11.8. The summed E-state index contributed by atoms with van der Waals surface area (Å²) in [6.45, 7) is 23.0. The Hall–Kier alpha value is -0.256. The zero-order chi connectivity index (χ0) is 21.4. The van der Waals surface area contributed by atoms with E-state index < -0.39 is 41.2 Å². The summed E-state index contributed by atoms with van der Waals surface area (Å²) in [5, 5.41) is 12.8. The third-order valence-corrected chi connectivity index (χ3v) is 15.2. The van der Waals surface area contributed by atoms with Gasteiger partial charge in [-0.3, -0.25) is 4.79 Å². The van der Waals surface area contributed by atoms with Crippen LogP contribution in [0.25, 0.3) is 0 Å². The number of aliphatic hydroxyl groups is 1. The van der Waals surface area contributed by atoms with Gasteiger partial charge in [0, 0.05) is 6.92 Å². The molecule has 160 valence electrons. The Morgan fingerprint density at radius 1 is 1.00 bits per heavy atom. The van der Waals surface area contributed by atoms with Crippen molar-refractivity contribution < 1.29 is 23.5 Å². The van der Waals surface area contributed by atoms with Gasteiger partial charge >= 0.3 is 0 Å². The van der Waals surface area contributed by atoms with E-state index in [1.165, 1.54) is 6.92 Å². The first-order valence-corrected chi connectivity index (χ1v) is 15.6. The maximum Gasteiger partial charge on any atom is 0.217 e. The largest absolute Gasteiger partial charge is 0.407 e. The highest BCUT2D eigenvalue weighted by Gasteiger charge is 2.53. The number of hydrogen-bond acceptors (Lipinski definition) is 5. The molecule has 2 N–H and O–H groups in total. The SMILES string of the molecule is CC(=O)N[C@H]1[C@@H](O[Si](C)(C)C(C)(C)C)[C@H](O[Si](C)(C)C(C)(C)C)O[C@@H]1CO. The minimum absolute atomic E-state index is 0.00655. The lowest BCUT2D eigenvalue weighted by molar-refractivity contribution is -0.121. The third-order valence-electron chi connectivity index (χ3n) is 6.34. The molecule has 1 heterocycles. The number of ether oxygens (including phenoxy) is 1. The maximum atomic E-state index is 11.8. The number of aliphatic hydroxyl groups excluding tert-OH is 1. The Labute approximate surface area is 167 Å². The predicted molar refractivity (Wildman–Crippen MR) is 114 cm³/mol. The number of hydrogen-bond donors (Lipinski definition) is 2. The van der Waals surface area contributed by atoms with Gasteiger partial charge in [-0.15, -0.1) is 0 Å². The van der Waals surface area contributed by atoms with Crippen LogP contribution in [0.1, 0.15) is 48.5 Å². The van der Waals surface area contributed by atoms with Gasteiger partial charge in [-0.25, -0.2) is 0 Å². The second-order valence-electron chi connectivity index (χ2n) is 10.7. The topological polar surface area (TPSA) is 77.0 Å². The molecule has 0 aromatic heterocycles. The average molecular weight is 420 g/mol. The Bertz CT molecular complexity index is 525. The number of amides is 1. The fraction of sp³-hybridized carbons (Fsp3) is 0.947. The van der Waals surface area contributed by atoms with Gasteiger partial charge in [0.1, 0.15) is 12.2 Å². The van der Waals surface area contributed by atoms with Crippen molar-refractivity contribution in [1.82, 2.24) is 5.32 Å². The summed E-state index contributed by atoms with van der Waals surface area (Å²) in [7, 11) is -4.27. The zero-order valence-electron chi connectivity index (χ0n) is 19.1. The molecule has 6 nitrogen and oxygen atoms in total. The van der Waals surface area contributed by atoms with Crippen molar-refractivity contribution in [3.8, 4) is 0 Å². The van der Waals surface area contributed by atoms with E-state index in [0.29, 0.717) is 0 Å². The second-order valence-corrected chi connectivity index (χ2v) is 20.2. The molecule has 0 bridgehead atoms. The van der Waals surface area contributed by atoms with Crippen LogP contribution in [0.5, 0.6) is 0 Å². The van der Waals surface area contributed by atoms with Gasteiger partial charge < -0.3 is 24.0 Å². The molecule has 0 saturated carbocycles. The Kier molecular flexibility index (Phi) is 7.56. The first-order chi connectivity index (χ1) is 11.9. The fourth-order valence-corrected chi connectivity index (χ4v) is 4.91. The lowest BCUT2D eigenvalue weighted by atomic mass is 10.1. The van der Waals surface area contributed by atoms with Crippen molar-refractivity contribution in [2.75, 3.05) is 6.61 Å². The number of nitrogens with one attached hydrogen (secondary N) is 1. The molecule has 4 atom stereocenters. The molecule has 1 fully saturated rings. The highest BCUT2D eigenvalue weighted by molar-refractivity contribution is 6.74. The molecular formula is C19H41NO5Si2. The minimum Gasteiger partial charge on any atom is -0.407 e. The van der Waals surface area contributed by atoms with Gasteiger partial charge in [-0.1, -0.05) is 41.5 Å². The zero-order valence-corrected chi connectivity index (χ0v) is 21.1. The summed E-state index contributed by atoms with van der Waals surface area (Å²) < 4.78 is 19.3. The summed E-state index contributed by atoms with van der Waals surface area (Å²) in [6, 6.07) is -0.434. The van der Waals surface area contributed by atoms with E-state index in [0.717, 1.165) is 0 Å². The van der Waals surface area contributed by atoms with Crippen LogP contribution in [0.3, 0.4) is 0 Å². The van der Waals surface area contributed by atoms with E-state index in [-0.39, 0.29) is 22.6 Å². The van der Waals surface area contributed by atoms with Crippen LogP contribution in [-0.4, -0.2) is 58.8 Å². The van der Waals surface area contributed by atoms with Crippen LogP contribution < -0.4 is 5.32 Å². The van der Waals surface area contributed by atoms with Gasteiger partial charge in [0.15, 0.2) is 22.9 Å². The van der Waals surface area contributed by atoms with Crippen LogP contribution in [0.2, 0.25) is 36.3 Å². The molecule has 1 rings (SSSR count). The molecule has 1 aliphatic heterocycles. The molecule has 0 spiro atoms. The third kappa shape index (κ3) is 5.87. The molecule has 1 saturated heterocycles. The highest BCUT2D eigenvalue weighted by atomic mass is 28.4. The van der Waals surface area contributed by atoms with E-state index in [1.54, 1.807) is 0 Å². The summed E-state index contributed by atoms with van der Waals surface area (Å²) in [5.41, 5.74) is 0. The van der Waals surface area contributed by atoms with Gasteiger partial charge in [0.25, 0.3) is 0 Å². The minimum atomic E-state index is -2.15. The number of carbonyl (C=O) groups excluding carboxylic acids is 1. The Morgan fingerprint density at radius 2 is 1.44 bits per heavy atom. The first kappa shape index (κ1) is 24.8. The Morgan fingerprint density at radius 3 is 1.81 bits per heavy atom. The lowest BCUT2D eigenvalue weighted by Gasteiger charge is -2.43. The van der Waals surface area contributed by atoms with Crippen LogP contribution in [0.15, 0.2) is 0 Å². The number of rotatable bonds is 6. The van der Waals surface area contributed by atoms with Gasteiger partial charge in [0.05, 0.1) is 12.6 Å². The maximum absolute atomic E-state index is 11.8. The fourth-order valence-electron chi connectivity index (χ4n) is 2.49. The molecule has 1 aliphatic rings. The summed E-state index contributed by atoms with van der Waals surface area (Å²) >= 11 is 0. The molecular weight excluding hydrogens is 378 g/mol. The van der Waals surface area contributed by atoms with E-state index in [1.807, 2.05) is 0 Å². The molecule has 0 aromatic carbocycles.